The quantitative estimate of drug-likeness (QED) is 0.282. The van der Waals surface area contributed by atoms with E-state index in [1.54, 1.807) is 0 Å². The van der Waals surface area contributed by atoms with E-state index < -0.39 is 6.04 Å². The van der Waals surface area contributed by atoms with Crippen molar-refractivity contribution in [3.05, 3.63) is 108 Å². The molecule has 0 saturated carbocycles. The number of benzene rings is 3. The predicted molar refractivity (Wildman–Crippen MR) is 152 cm³/mol. The van der Waals surface area contributed by atoms with Crippen molar-refractivity contribution in [2.45, 2.75) is 12.1 Å². The maximum atomic E-state index is 14.9. The summed E-state index contributed by atoms with van der Waals surface area (Å²) in [5, 5.41) is 0. The molecule has 2 aliphatic rings. The number of furan rings is 1. The zero-order chi connectivity index (χ0) is 26.4. The molecule has 2 aliphatic heterocycles. The first-order chi connectivity index (χ1) is 19.3. The summed E-state index contributed by atoms with van der Waals surface area (Å²) in [7, 11) is 0. The molecule has 6 rings (SSSR count). The third kappa shape index (κ3) is 5.60. The highest BCUT2D eigenvalue weighted by Gasteiger charge is 2.41. The van der Waals surface area contributed by atoms with Gasteiger partial charge in [0.05, 0.1) is 44.1 Å². The summed E-state index contributed by atoms with van der Waals surface area (Å²) in [5.41, 5.74) is 3.60. The average Bonchev–Trinajstić information content (AvgIpc) is 3.47. The summed E-state index contributed by atoms with van der Waals surface area (Å²) in [6.45, 7) is 5.50. The van der Waals surface area contributed by atoms with Gasteiger partial charge in [-0.05, 0) is 11.6 Å². The number of ketones is 1. The van der Waals surface area contributed by atoms with Crippen LogP contribution in [0.1, 0.15) is 22.0 Å². The van der Waals surface area contributed by atoms with Crippen molar-refractivity contribution in [2.24, 2.45) is 0 Å². The number of carbonyl (C=O) groups is 1. The van der Waals surface area contributed by atoms with E-state index >= 15 is 0 Å². The molecule has 1 aromatic heterocycles. The maximum absolute atomic E-state index is 14.9. The van der Waals surface area contributed by atoms with Crippen LogP contribution >= 0.6 is 0 Å². The van der Waals surface area contributed by atoms with Crippen molar-refractivity contribution in [2.75, 3.05) is 52.6 Å². The molecule has 2 fully saturated rings. The van der Waals surface area contributed by atoms with E-state index in [1.165, 1.54) is 0 Å². The summed E-state index contributed by atoms with van der Waals surface area (Å²) in [6.07, 6.45) is 0. The monoisotopic (exact) mass is 522 g/mol. The minimum Gasteiger partial charge on any atom is -0.455 e. The number of nitrogens with zero attached hydrogens (tertiary/aromatic N) is 2. The van der Waals surface area contributed by atoms with Crippen molar-refractivity contribution in [3.63, 3.8) is 0 Å². The Morgan fingerprint density at radius 3 is 1.74 bits per heavy atom. The molecule has 200 valence electrons. The Hall–Kier alpha value is -3.55. The van der Waals surface area contributed by atoms with E-state index in [0.717, 1.165) is 29.8 Å². The van der Waals surface area contributed by atoms with Crippen molar-refractivity contribution in [3.8, 4) is 22.6 Å². The summed E-state index contributed by atoms with van der Waals surface area (Å²) < 4.78 is 17.9. The van der Waals surface area contributed by atoms with Crippen LogP contribution in [0.2, 0.25) is 0 Å². The highest BCUT2D eigenvalue weighted by molar-refractivity contribution is 6.06. The molecule has 0 bridgehead atoms. The smallest absolute Gasteiger partial charge is 0.185 e. The molecule has 0 spiro atoms. The maximum Gasteiger partial charge on any atom is 0.185 e. The Morgan fingerprint density at radius 2 is 1.15 bits per heavy atom. The summed E-state index contributed by atoms with van der Waals surface area (Å²) >= 11 is 0. The highest BCUT2D eigenvalue weighted by atomic mass is 16.5. The molecular weight excluding hydrogens is 488 g/mol. The Kier molecular flexibility index (Phi) is 7.98. The molecular formula is C33H34N2O4. The highest BCUT2D eigenvalue weighted by Crippen LogP contribution is 2.37. The lowest BCUT2D eigenvalue weighted by atomic mass is 9.88. The predicted octanol–water partition coefficient (Wildman–Crippen LogP) is 5.57. The number of rotatable bonds is 8. The van der Waals surface area contributed by atoms with Gasteiger partial charge in [0.2, 0.25) is 0 Å². The fourth-order valence-corrected chi connectivity index (χ4v) is 5.75. The molecule has 6 nitrogen and oxygen atoms in total. The normalized spacial score (nSPS) is 18.5. The Morgan fingerprint density at radius 1 is 0.641 bits per heavy atom. The molecule has 0 amide bonds. The number of hydrogen-bond donors (Lipinski definition) is 0. The fraction of sp³-hybridized carbons (Fsp3) is 0.303. The van der Waals surface area contributed by atoms with E-state index in [4.69, 9.17) is 13.9 Å². The summed E-state index contributed by atoms with van der Waals surface area (Å²) in [4.78, 5) is 19.7. The van der Waals surface area contributed by atoms with Crippen LogP contribution in [0.3, 0.4) is 0 Å². The van der Waals surface area contributed by atoms with Gasteiger partial charge in [0, 0.05) is 37.3 Å². The largest absolute Gasteiger partial charge is 0.455 e. The Labute approximate surface area is 229 Å². The van der Waals surface area contributed by atoms with Crippen molar-refractivity contribution in [1.82, 2.24) is 9.80 Å². The molecule has 2 atom stereocenters. The third-order valence-corrected chi connectivity index (χ3v) is 7.68. The first-order valence-corrected chi connectivity index (χ1v) is 13.8. The lowest BCUT2D eigenvalue weighted by molar-refractivity contribution is -0.0301. The minimum atomic E-state index is -0.405. The van der Waals surface area contributed by atoms with Crippen LogP contribution < -0.4 is 0 Å². The van der Waals surface area contributed by atoms with Crippen LogP contribution in [-0.2, 0) is 9.47 Å². The SMILES string of the molecule is O=C(c1cc(-c2ccccc2)oc1-c1ccccc1)[C@H]([C@@H](c1ccccc1)N1CCOCC1)N1CCOCC1. The van der Waals surface area contributed by atoms with E-state index in [1.807, 2.05) is 72.8 Å². The number of hydrogen-bond acceptors (Lipinski definition) is 6. The zero-order valence-electron chi connectivity index (χ0n) is 22.1. The number of carbonyl (C=O) groups excluding carboxylic acids is 1. The molecule has 6 heteroatoms. The first kappa shape index (κ1) is 25.7. The van der Waals surface area contributed by atoms with E-state index in [9.17, 15) is 4.79 Å². The van der Waals surface area contributed by atoms with Crippen LogP contribution in [0, 0.1) is 0 Å². The Bertz CT molecular complexity index is 1340. The van der Waals surface area contributed by atoms with Gasteiger partial charge in [-0.1, -0.05) is 91.0 Å². The molecule has 0 aliphatic carbocycles. The van der Waals surface area contributed by atoms with Crippen molar-refractivity contribution in [1.29, 1.82) is 0 Å². The minimum absolute atomic E-state index is 0.0713. The third-order valence-electron chi connectivity index (χ3n) is 7.68. The summed E-state index contributed by atoms with van der Waals surface area (Å²) in [6, 6.07) is 31.8. The van der Waals surface area contributed by atoms with Gasteiger partial charge in [0.15, 0.2) is 5.78 Å². The van der Waals surface area contributed by atoms with E-state index in [-0.39, 0.29) is 11.8 Å². The lowest BCUT2D eigenvalue weighted by Crippen LogP contribution is -2.55. The first-order valence-electron chi connectivity index (χ1n) is 13.8. The van der Waals surface area contributed by atoms with E-state index in [2.05, 4.69) is 34.1 Å². The number of morpholine rings is 2. The van der Waals surface area contributed by atoms with Gasteiger partial charge < -0.3 is 13.9 Å². The van der Waals surface area contributed by atoms with Crippen molar-refractivity contribution < 1.29 is 18.7 Å². The van der Waals surface area contributed by atoms with Crippen LogP contribution in [0.4, 0.5) is 0 Å². The zero-order valence-corrected chi connectivity index (χ0v) is 22.1. The number of ether oxygens (including phenoxy) is 2. The molecule has 0 unspecified atom stereocenters. The fourth-order valence-electron chi connectivity index (χ4n) is 5.75. The second kappa shape index (κ2) is 12.1. The molecule has 0 radical (unpaired) electrons. The average molecular weight is 523 g/mol. The molecule has 39 heavy (non-hydrogen) atoms. The lowest BCUT2D eigenvalue weighted by Gasteiger charge is -2.44. The van der Waals surface area contributed by atoms with Gasteiger partial charge in [-0.15, -0.1) is 0 Å². The van der Waals surface area contributed by atoms with Gasteiger partial charge >= 0.3 is 0 Å². The number of Topliss-reactive ketones (excluding diaryl/α,β-unsaturated/α-hetero) is 1. The van der Waals surface area contributed by atoms with E-state index in [0.29, 0.717) is 56.6 Å². The molecule has 2 saturated heterocycles. The molecule has 0 N–H and O–H groups in total. The van der Waals surface area contributed by atoms with Crippen LogP contribution in [0.15, 0.2) is 101 Å². The summed E-state index contributed by atoms with van der Waals surface area (Å²) in [5.74, 6) is 1.38. The van der Waals surface area contributed by atoms with Gasteiger partial charge in [-0.25, -0.2) is 0 Å². The second-order valence-electron chi connectivity index (χ2n) is 10.0. The second-order valence-corrected chi connectivity index (χ2v) is 10.0. The molecule has 3 aromatic carbocycles. The van der Waals surface area contributed by atoms with Crippen molar-refractivity contribution >= 4 is 5.78 Å². The Balaban J connectivity index is 1.49. The van der Waals surface area contributed by atoms with Gasteiger partial charge in [-0.3, -0.25) is 14.6 Å². The van der Waals surface area contributed by atoms with Crippen LogP contribution in [0.25, 0.3) is 22.6 Å². The van der Waals surface area contributed by atoms with Gasteiger partial charge in [0.25, 0.3) is 0 Å². The molecule has 4 aromatic rings. The topological polar surface area (TPSA) is 55.2 Å². The van der Waals surface area contributed by atoms with Gasteiger partial charge in [-0.2, -0.15) is 0 Å². The van der Waals surface area contributed by atoms with Crippen LogP contribution in [0.5, 0.6) is 0 Å². The standard InChI is InChI=1S/C33H34N2O4/c36-32(28-24-29(25-10-4-1-5-11-25)39-33(28)27-14-8-3-9-15-27)31(35-18-22-38-23-19-35)30(26-12-6-2-7-13-26)34-16-20-37-21-17-34/h1-15,24,30-31H,16-23H2/t30-,31+/m1/s1. The van der Waals surface area contributed by atoms with Crippen LogP contribution in [-0.4, -0.2) is 74.2 Å². The molecule has 3 heterocycles. The van der Waals surface area contributed by atoms with Gasteiger partial charge in [0.1, 0.15) is 11.5 Å².